The van der Waals surface area contributed by atoms with Crippen LogP contribution in [0.2, 0.25) is 0 Å². The molecule has 0 aromatic carbocycles. The molecule has 1 aromatic rings. The van der Waals surface area contributed by atoms with Gasteiger partial charge in [0.05, 0.1) is 12.1 Å². The molecule has 0 spiro atoms. The highest BCUT2D eigenvalue weighted by molar-refractivity contribution is 7.12. The van der Waals surface area contributed by atoms with Crippen molar-refractivity contribution in [2.24, 2.45) is 5.92 Å². The van der Waals surface area contributed by atoms with Gasteiger partial charge in [0.1, 0.15) is 0 Å². The normalized spacial score (nSPS) is 26.4. The van der Waals surface area contributed by atoms with Crippen LogP contribution in [0.15, 0.2) is 6.07 Å². The summed E-state index contributed by atoms with van der Waals surface area (Å²) in [7, 11) is 0. The highest BCUT2D eigenvalue weighted by Gasteiger charge is 2.34. The molecule has 1 fully saturated rings. The number of rotatable bonds is 4. The van der Waals surface area contributed by atoms with E-state index in [-0.39, 0.29) is 0 Å². The molecule has 17 heavy (non-hydrogen) atoms. The zero-order chi connectivity index (χ0) is 12.4. The van der Waals surface area contributed by atoms with Crippen LogP contribution in [0.1, 0.15) is 41.6 Å². The predicted octanol–water partition coefficient (Wildman–Crippen LogP) is 3.44. The molecule has 3 heteroatoms. The summed E-state index contributed by atoms with van der Waals surface area (Å²) < 4.78 is 5.94. The topological polar surface area (TPSA) is 21.3 Å². The molecule has 2 heterocycles. The summed E-state index contributed by atoms with van der Waals surface area (Å²) in [5.41, 5.74) is 1.40. The summed E-state index contributed by atoms with van der Waals surface area (Å²) in [6.07, 6.45) is 1.53. The van der Waals surface area contributed by atoms with Gasteiger partial charge in [-0.1, -0.05) is 13.8 Å². The Morgan fingerprint density at radius 1 is 1.53 bits per heavy atom. The van der Waals surface area contributed by atoms with Crippen LogP contribution in [0, 0.1) is 19.8 Å². The molecular weight excluding hydrogens is 230 g/mol. The number of ether oxygens (including phenoxy) is 1. The maximum atomic E-state index is 5.94. The van der Waals surface area contributed by atoms with Gasteiger partial charge in [-0.15, -0.1) is 11.3 Å². The van der Waals surface area contributed by atoms with Crippen molar-refractivity contribution in [3.05, 3.63) is 21.4 Å². The molecule has 0 saturated carbocycles. The lowest BCUT2D eigenvalue weighted by Crippen LogP contribution is -2.34. The second-order valence-corrected chi connectivity index (χ2v) is 6.33. The van der Waals surface area contributed by atoms with Crippen molar-refractivity contribution in [1.82, 2.24) is 5.32 Å². The third kappa shape index (κ3) is 2.72. The van der Waals surface area contributed by atoms with E-state index >= 15 is 0 Å². The molecule has 1 aliphatic rings. The van der Waals surface area contributed by atoms with Crippen LogP contribution in [0.25, 0.3) is 0 Å². The number of thiophene rings is 1. The Bertz CT molecular complexity index is 374. The molecule has 0 radical (unpaired) electrons. The van der Waals surface area contributed by atoms with E-state index < -0.39 is 0 Å². The monoisotopic (exact) mass is 253 g/mol. The average Bonchev–Trinajstić information content (AvgIpc) is 2.82. The molecule has 1 aliphatic heterocycles. The molecule has 96 valence electrons. The van der Waals surface area contributed by atoms with Crippen molar-refractivity contribution in [3.63, 3.8) is 0 Å². The summed E-state index contributed by atoms with van der Waals surface area (Å²) in [6.45, 7) is 10.8. The van der Waals surface area contributed by atoms with Gasteiger partial charge in [-0.25, -0.2) is 0 Å². The van der Waals surface area contributed by atoms with E-state index in [4.69, 9.17) is 4.74 Å². The summed E-state index contributed by atoms with van der Waals surface area (Å²) in [5, 5.41) is 3.61. The number of aryl methyl sites for hydroxylation is 2. The van der Waals surface area contributed by atoms with Crippen LogP contribution >= 0.6 is 11.3 Å². The molecule has 1 aromatic heterocycles. The second kappa shape index (κ2) is 5.51. The van der Waals surface area contributed by atoms with Crippen molar-refractivity contribution in [2.75, 3.05) is 13.2 Å². The van der Waals surface area contributed by atoms with Gasteiger partial charge in [0.25, 0.3) is 0 Å². The fraction of sp³-hybridized carbons (Fsp3) is 0.714. The van der Waals surface area contributed by atoms with Gasteiger partial charge in [-0.3, -0.25) is 0 Å². The van der Waals surface area contributed by atoms with E-state index in [1.54, 1.807) is 0 Å². The number of likely N-dealkylation sites (N-methyl/N-ethyl adjacent to an activating group) is 1. The van der Waals surface area contributed by atoms with Crippen molar-refractivity contribution in [1.29, 1.82) is 0 Å². The number of nitrogens with one attached hydrogen (secondary N) is 1. The van der Waals surface area contributed by atoms with Gasteiger partial charge >= 0.3 is 0 Å². The van der Waals surface area contributed by atoms with Gasteiger partial charge < -0.3 is 10.1 Å². The average molecular weight is 253 g/mol. The standard InChI is InChI=1S/C14H23NOS/c1-5-15-12(13-9(2)6-7-16-13)14-10(3)8-11(4)17-14/h8-9,12-13,15H,5-7H2,1-4H3. The summed E-state index contributed by atoms with van der Waals surface area (Å²) in [6, 6.07) is 2.65. The minimum atomic E-state index is 0.340. The van der Waals surface area contributed by atoms with Gasteiger partial charge in [0.2, 0.25) is 0 Å². The van der Waals surface area contributed by atoms with Crippen LogP contribution in [0.4, 0.5) is 0 Å². The van der Waals surface area contributed by atoms with E-state index in [9.17, 15) is 0 Å². The number of hydrogen-bond donors (Lipinski definition) is 1. The Morgan fingerprint density at radius 2 is 2.29 bits per heavy atom. The first-order valence-corrected chi connectivity index (χ1v) is 7.37. The minimum Gasteiger partial charge on any atom is -0.376 e. The quantitative estimate of drug-likeness (QED) is 0.887. The van der Waals surface area contributed by atoms with Crippen molar-refractivity contribution < 1.29 is 4.74 Å². The van der Waals surface area contributed by atoms with Crippen molar-refractivity contribution in [2.45, 2.75) is 46.3 Å². The Morgan fingerprint density at radius 3 is 2.76 bits per heavy atom. The maximum absolute atomic E-state index is 5.94. The molecule has 3 atom stereocenters. The first kappa shape index (κ1) is 13.1. The largest absolute Gasteiger partial charge is 0.376 e. The fourth-order valence-electron chi connectivity index (χ4n) is 2.69. The molecule has 0 aliphatic carbocycles. The molecule has 0 bridgehead atoms. The van der Waals surface area contributed by atoms with E-state index in [1.807, 2.05) is 11.3 Å². The van der Waals surface area contributed by atoms with Crippen LogP contribution in [-0.2, 0) is 4.74 Å². The second-order valence-electron chi connectivity index (χ2n) is 5.04. The first-order valence-electron chi connectivity index (χ1n) is 6.55. The maximum Gasteiger partial charge on any atom is 0.0804 e. The summed E-state index contributed by atoms with van der Waals surface area (Å²) in [4.78, 5) is 2.86. The van der Waals surface area contributed by atoms with E-state index in [2.05, 4.69) is 39.1 Å². The van der Waals surface area contributed by atoms with Gasteiger partial charge in [-0.05, 0) is 44.4 Å². The zero-order valence-electron chi connectivity index (χ0n) is 11.2. The molecule has 2 rings (SSSR count). The Balaban J connectivity index is 2.25. The van der Waals surface area contributed by atoms with Crippen LogP contribution in [0.5, 0.6) is 0 Å². The molecule has 3 unspecified atom stereocenters. The van der Waals surface area contributed by atoms with Gasteiger partial charge in [0.15, 0.2) is 0 Å². The van der Waals surface area contributed by atoms with Crippen molar-refractivity contribution >= 4 is 11.3 Å². The van der Waals surface area contributed by atoms with Gasteiger partial charge in [0, 0.05) is 16.4 Å². The van der Waals surface area contributed by atoms with E-state index in [0.717, 1.165) is 13.2 Å². The first-order chi connectivity index (χ1) is 8.13. The zero-order valence-corrected chi connectivity index (χ0v) is 12.1. The Hall–Kier alpha value is -0.380. The minimum absolute atomic E-state index is 0.340. The van der Waals surface area contributed by atoms with E-state index in [0.29, 0.717) is 18.1 Å². The predicted molar refractivity (Wildman–Crippen MR) is 73.7 cm³/mol. The Labute approximate surface area is 108 Å². The van der Waals surface area contributed by atoms with Crippen LogP contribution < -0.4 is 5.32 Å². The third-order valence-corrected chi connectivity index (χ3v) is 4.79. The number of hydrogen-bond acceptors (Lipinski definition) is 3. The molecule has 2 nitrogen and oxygen atoms in total. The lowest BCUT2D eigenvalue weighted by Gasteiger charge is -2.26. The van der Waals surface area contributed by atoms with Crippen LogP contribution in [0.3, 0.4) is 0 Å². The SMILES string of the molecule is CCNC(c1sc(C)cc1C)C1OCCC1C. The lowest BCUT2D eigenvalue weighted by molar-refractivity contribution is 0.0621. The molecule has 1 N–H and O–H groups in total. The third-order valence-electron chi connectivity index (χ3n) is 3.56. The summed E-state index contributed by atoms with van der Waals surface area (Å²) in [5.74, 6) is 0.654. The van der Waals surface area contributed by atoms with E-state index in [1.165, 1.54) is 21.7 Å². The fourth-order valence-corrected chi connectivity index (χ4v) is 3.84. The highest BCUT2D eigenvalue weighted by atomic mass is 32.1. The molecule has 1 saturated heterocycles. The molecular formula is C14H23NOS. The van der Waals surface area contributed by atoms with Gasteiger partial charge in [-0.2, -0.15) is 0 Å². The molecule has 0 amide bonds. The highest BCUT2D eigenvalue weighted by Crippen LogP contribution is 2.36. The smallest absolute Gasteiger partial charge is 0.0804 e. The van der Waals surface area contributed by atoms with Crippen molar-refractivity contribution in [3.8, 4) is 0 Å². The Kier molecular flexibility index (Phi) is 4.23. The lowest BCUT2D eigenvalue weighted by atomic mass is 9.95. The van der Waals surface area contributed by atoms with Crippen LogP contribution in [-0.4, -0.2) is 19.3 Å². The summed E-state index contributed by atoms with van der Waals surface area (Å²) >= 11 is 1.91.